The molecule has 0 unspecified atom stereocenters. The maximum Gasteiger partial charge on any atom is 0.407 e. The number of benzene rings is 3. The zero-order valence-corrected chi connectivity index (χ0v) is 28.0. The third-order valence-electron chi connectivity index (χ3n) is 7.10. The van der Waals surface area contributed by atoms with E-state index >= 15 is 4.39 Å². The Bertz CT molecular complexity index is 1870. The van der Waals surface area contributed by atoms with Gasteiger partial charge in [-0.2, -0.15) is 0 Å². The number of amides is 1. The molecule has 250 valence electrons. The fourth-order valence-corrected chi connectivity index (χ4v) is 6.38. The summed E-state index contributed by atoms with van der Waals surface area (Å²) in [7, 11) is 1.32. The number of aromatic nitrogens is 1. The lowest BCUT2D eigenvalue weighted by molar-refractivity contribution is 0.157. The second kappa shape index (κ2) is 14.9. The zero-order chi connectivity index (χ0) is 34.5. The van der Waals surface area contributed by atoms with Crippen molar-refractivity contribution in [2.75, 3.05) is 55.9 Å². The van der Waals surface area contributed by atoms with Crippen LogP contribution in [0.2, 0.25) is 10.0 Å². The highest BCUT2D eigenvalue weighted by molar-refractivity contribution is 7.92. The maximum absolute atomic E-state index is 15.8. The molecule has 0 saturated carbocycles. The normalized spacial score (nSPS) is 11.1. The van der Waals surface area contributed by atoms with Crippen LogP contribution in [-0.2, 0) is 16.6 Å². The molecule has 4 rings (SSSR count). The molecule has 1 amide bonds. The number of rotatable bonds is 13. The number of carboxylic acid groups (broad SMARTS) is 1. The van der Waals surface area contributed by atoms with Crippen molar-refractivity contribution in [3.05, 3.63) is 94.1 Å². The monoisotopic (exact) mass is 709 g/mol. The molecule has 11 nitrogen and oxygen atoms in total. The lowest BCUT2D eigenvalue weighted by Gasteiger charge is -2.26. The van der Waals surface area contributed by atoms with Crippen LogP contribution < -0.4 is 24.0 Å². The average molecular weight is 711 g/mol. The summed E-state index contributed by atoms with van der Waals surface area (Å²) in [6, 6.07) is 13.7. The van der Waals surface area contributed by atoms with Gasteiger partial charge in [0.2, 0.25) is 0 Å². The number of anilines is 4. The first-order valence-corrected chi connectivity index (χ1v) is 16.0. The lowest BCUT2D eigenvalue weighted by atomic mass is 10.2. The van der Waals surface area contributed by atoms with E-state index in [-0.39, 0.29) is 29.6 Å². The summed E-state index contributed by atoms with van der Waals surface area (Å²) in [6.07, 6.45) is -0.239. The number of nitrogens with zero attached hydrogens (tertiary/aromatic N) is 4. The fourth-order valence-electron chi connectivity index (χ4n) is 4.47. The van der Waals surface area contributed by atoms with Crippen molar-refractivity contribution < 1.29 is 36.6 Å². The van der Waals surface area contributed by atoms with Crippen LogP contribution in [0.3, 0.4) is 0 Å². The van der Waals surface area contributed by atoms with Gasteiger partial charge in [-0.3, -0.25) is 0 Å². The third kappa shape index (κ3) is 8.25. The van der Waals surface area contributed by atoms with Crippen molar-refractivity contribution in [3.63, 3.8) is 0 Å². The Hall–Kier alpha value is -4.53. The van der Waals surface area contributed by atoms with Crippen LogP contribution in [0.5, 0.6) is 11.5 Å². The van der Waals surface area contributed by atoms with Gasteiger partial charge in [0, 0.05) is 49.9 Å². The van der Waals surface area contributed by atoms with Crippen LogP contribution in [0.15, 0.2) is 71.8 Å². The molecule has 0 aliphatic heterocycles. The van der Waals surface area contributed by atoms with E-state index in [1.54, 1.807) is 48.3 Å². The molecule has 1 aromatic heterocycles. The fraction of sp³-hybridized carbons (Fsp3) is 0.226. The van der Waals surface area contributed by atoms with E-state index in [1.165, 1.54) is 21.3 Å². The van der Waals surface area contributed by atoms with Gasteiger partial charge in [-0.1, -0.05) is 23.2 Å². The minimum absolute atomic E-state index is 0.0472. The summed E-state index contributed by atoms with van der Waals surface area (Å²) in [5, 5.41) is 12.5. The number of halogens is 4. The summed E-state index contributed by atoms with van der Waals surface area (Å²) in [5.74, 6) is -1.24. The number of likely N-dealkylation sites (N-methyl/N-ethyl adjacent to an activating group) is 2. The van der Waals surface area contributed by atoms with E-state index in [1.807, 2.05) is 0 Å². The summed E-state index contributed by atoms with van der Waals surface area (Å²) in [4.78, 5) is 17.3. The van der Waals surface area contributed by atoms with Gasteiger partial charge in [0.25, 0.3) is 10.0 Å². The molecule has 0 saturated heterocycles. The van der Waals surface area contributed by atoms with Crippen molar-refractivity contribution in [1.29, 1.82) is 0 Å². The Balaban J connectivity index is 1.71. The number of carbonyl (C=O) groups is 1. The van der Waals surface area contributed by atoms with Crippen LogP contribution in [-0.4, -0.2) is 70.9 Å². The molecule has 0 spiro atoms. The molecular weight excluding hydrogens is 679 g/mol. The van der Waals surface area contributed by atoms with Gasteiger partial charge in [-0.05, 0) is 48.5 Å². The summed E-state index contributed by atoms with van der Waals surface area (Å²) < 4.78 is 69.2. The topological polar surface area (TPSA) is 125 Å². The maximum atomic E-state index is 15.8. The van der Waals surface area contributed by atoms with E-state index in [0.717, 1.165) is 39.7 Å². The van der Waals surface area contributed by atoms with Crippen LogP contribution in [0.25, 0.3) is 0 Å². The van der Waals surface area contributed by atoms with Gasteiger partial charge in [0.15, 0.2) is 0 Å². The first kappa shape index (κ1) is 35.3. The SMILES string of the molecule is COc1ccc(CN(c2ccc(F)cn2)S(=O)(=O)c2cc(Cl)c(Nc3ccc(Cl)cc3N(C)CCN(C)C(=O)O)cc2F)c(OC)c1. The molecule has 4 aromatic rings. The number of hydrogen-bond donors (Lipinski definition) is 2. The quantitative estimate of drug-likeness (QED) is 0.153. The lowest BCUT2D eigenvalue weighted by Crippen LogP contribution is -2.34. The number of methoxy groups -OCH3 is 2. The number of ether oxygens (including phenoxy) is 2. The van der Waals surface area contributed by atoms with Crippen LogP contribution in [0, 0.1) is 11.6 Å². The molecule has 1 heterocycles. The Labute approximate surface area is 280 Å². The molecular formula is C31H31Cl2F2N5O6S. The first-order valence-electron chi connectivity index (χ1n) is 13.8. The van der Waals surface area contributed by atoms with E-state index in [4.69, 9.17) is 32.7 Å². The number of sulfonamides is 1. The van der Waals surface area contributed by atoms with Gasteiger partial charge < -0.3 is 29.7 Å². The van der Waals surface area contributed by atoms with Gasteiger partial charge in [0.05, 0.1) is 49.0 Å². The summed E-state index contributed by atoms with van der Waals surface area (Å²) in [6.45, 7) is 0.119. The highest BCUT2D eigenvalue weighted by Gasteiger charge is 2.31. The van der Waals surface area contributed by atoms with Gasteiger partial charge in [-0.25, -0.2) is 31.3 Å². The molecule has 2 N–H and O–H groups in total. The Morgan fingerprint density at radius 3 is 2.34 bits per heavy atom. The molecule has 0 fully saturated rings. The number of hydrogen-bond acceptors (Lipinski definition) is 8. The van der Waals surface area contributed by atoms with E-state index in [9.17, 15) is 22.7 Å². The summed E-state index contributed by atoms with van der Waals surface area (Å²) >= 11 is 12.8. The van der Waals surface area contributed by atoms with Crippen molar-refractivity contribution >= 4 is 62.2 Å². The molecule has 0 radical (unpaired) electrons. The highest BCUT2D eigenvalue weighted by Crippen LogP contribution is 2.37. The minimum Gasteiger partial charge on any atom is -0.497 e. The van der Waals surface area contributed by atoms with E-state index in [2.05, 4.69) is 10.3 Å². The van der Waals surface area contributed by atoms with Crippen LogP contribution >= 0.6 is 23.2 Å². The van der Waals surface area contributed by atoms with Crippen LogP contribution in [0.4, 0.5) is 36.5 Å². The largest absolute Gasteiger partial charge is 0.497 e. The Morgan fingerprint density at radius 1 is 0.957 bits per heavy atom. The predicted octanol–water partition coefficient (Wildman–Crippen LogP) is 6.87. The zero-order valence-electron chi connectivity index (χ0n) is 25.7. The number of nitrogens with one attached hydrogen (secondary N) is 1. The molecule has 0 atom stereocenters. The smallest absolute Gasteiger partial charge is 0.407 e. The van der Waals surface area contributed by atoms with Crippen LogP contribution in [0.1, 0.15) is 5.56 Å². The number of pyridine rings is 1. The Kier molecular flexibility index (Phi) is 11.2. The first-order chi connectivity index (χ1) is 22.2. The van der Waals surface area contributed by atoms with Crippen molar-refractivity contribution in [1.82, 2.24) is 9.88 Å². The van der Waals surface area contributed by atoms with Gasteiger partial charge in [0.1, 0.15) is 33.8 Å². The van der Waals surface area contributed by atoms with Gasteiger partial charge in [-0.15, -0.1) is 0 Å². The second-order valence-corrected chi connectivity index (χ2v) is 12.9. The molecule has 3 aromatic carbocycles. The minimum atomic E-state index is -4.70. The van der Waals surface area contributed by atoms with E-state index in [0.29, 0.717) is 40.0 Å². The molecule has 16 heteroatoms. The second-order valence-electron chi connectivity index (χ2n) is 10.2. The Morgan fingerprint density at radius 2 is 1.70 bits per heavy atom. The van der Waals surface area contributed by atoms with Crippen molar-refractivity contribution in [2.45, 2.75) is 11.4 Å². The van der Waals surface area contributed by atoms with E-state index < -0.39 is 32.6 Å². The standard InChI is InChI=1S/C31H31Cl2F2N5O6S/c1-38(11-12-39(2)31(41)42)27-13-20(32)6-9-25(27)37-26-16-24(35)29(15-23(26)33)47(43,44)40(30-10-7-21(34)17-36-30)18-19-5-8-22(45-3)14-28(19)46-4/h5-10,13-17,37H,11-12,18H2,1-4H3,(H,41,42). The highest BCUT2D eigenvalue weighted by atomic mass is 35.5. The average Bonchev–Trinajstić information content (AvgIpc) is 3.04. The van der Waals surface area contributed by atoms with Crippen molar-refractivity contribution in [2.24, 2.45) is 0 Å². The predicted molar refractivity (Wildman–Crippen MR) is 177 cm³/mol. The van der Waals surface area contributed by atoms with Crippen molar-refractivity contribution in [3.8, 4) is 11.5 Å². The molecule has 0 bridgehead atoms. The molecule has 0 aliphatic rings. The third-order valence-corrected chi connectivity index (χ3v) is 9.42. The summed E-state index contributed by atoms with van der Waals surface area (Å²) in [5.41, 5.74) is 1.43. The molecule has 47 heavy (non-hydrogen) atoms. The molecule has 0 aliphatic carbocycles. The van der Waals surface area contributed by atoms with Gasteiger partial charge >= 0.3 is 6.09 Å².